The molecule has 130 valence electrons. The van der Waals surface area contributed by atoms with Crippen LogP contribution >= 0.6 is 0 Å². The number of carbonyl (C=O) groups is 2. The number of rotatable bonds is 6. The number of hydrogen-bond acceptors (Lipinski definition) is 5. The summed E-state index contributed by atoms with van der Waals surface area (Å²) in [6, 6.07) is 1.95. The summed E-state index contributed by atoms with van der Waals surface area (Å²) in [7, 11) is 0. The van der Waals surface area contributed by atoms with Crippen molar-refractivity contribution in [3.8, 4) is 0 Å². The molecule has 0 radical (unpaired) electrons. The first-order valence-corrected chi connectivity index (χ1v) is 8.05. The SMILES string of the molecule is Cc1cc2nc(C)c(CCC(=O)OCC(=O)NC(C)C)c(C)n2n1. The highest BCUT2D eigenvalue weighted by Gasteiger charge is 2.14. The molecule has 0 fully saturated rings. The molecule has 7 heteroatoms. The van der Waals surface area contributed by atoms with E-state index in [1.165, 1.54) is 0 Å². The average molecular weight is 332 g/mol. The summed E-state index contributed by atoms with van der Waals surface area (Å²) in [4.78, 5) is 27.9. The van der Waals surface area contributed by atoms with Gasteiger partial charge in [0.1, 0.15) is 0 Å². The maximum absolute atomic E-state index is 11.9. The number of hydrogen-bond donors (Lipinski definition) is 1. The molecule has 0 aliphatic heterocycles. The number of aromatic nitrogens is 3. The van der Waals surface area contributed by atoms with Gasteiger partial charge in [-0.1, -0.05) is 0 Å². The van der Waals surface area contributed by atoms with E-state index in [4.69, 9.17) is 4.74 Å². The molecule has 1 amide bonds. The lowest BCUT2D eigenvalue weighted by Gasteiger charge is -2.11. The summed E-state index contributed by atoms with van der Waals surface area (Å²) in [6.45, 7) is 9.26. The first kappa shape index (κ1) is 17.9. The number of aryl methyl sites for hydroxylation is 3. The smallest absolute Gasteiger partial charge is 0.306 e. The van der Waals surface area contributed by atoms with Crippen LogP contribution in [-0.4, -0.2) is 39.1 Å². The summed E-state index contributed by atoms with van der Waals surface area (Å²) in [5.74, 6) is -0.690. The van der Waals surface area contributed by atoms with Crippen molar-refractivity contribution in [3.63, 3.8) is 0 Å². The van der Waals surface area contributed by atoms with E-state index < -0.39 is 5.97 Å². The van der Waals surface area contributed by atoms with Crippen molar-refractivity contribution in [2.75, 3.05) is 6.61 Å². The summed E-state index contributed by atoms with van der Waals surface area (Å²) in [5.41, 5.74) is 4.53. The van der Waals surface area contributed by atoms with Crippen LogP contribution in [0.15, 0.2) is 6.07 Å². The summed E-state index contributed by atoms with van der Waals surface area (Å²) in [6.07, 6.45) is 0.703. The van der Waals surface area contributed by atoms with E-state index >= 15 is 0 Å². The lowest BCUT2D eigenvalue weighted by atomic mass is 10.1. The van der Waals surface area contributed by atoms with Crippen LogP contribution in [0.2, 0.25) is 0 Å². The van der Waals surface area contributed by atoms with E-state index in [0.717, 1.165) is 28.3 Å². The fourth-order valence-corrected chi connectivity index (χ4v) is 2.61. The van der Waals surface area contributed by atoms with Crippen molar-refractivity contribution in [2.24, 2.45) is 0 Å². The molecule has 1 N–H and O–H groups in total. The van der Waals surface area contributed by atoms with Crippen molar-refractivity contribution in [1.82, 2.24) is 19.9 Å². The van der Waals surface area contributed by atoms with Gasteiger partial charge in [0.25, 0.3) is 5.91 Å². The fourth-order valence-electron chi connectivity index (χ4n) is 2.61. The van der Waals surface area contributed by atoms with Crippen molar-refractivity contribution in [1.29, 1.82) is 0 Å². The first-order valence-electron chi connectivity index (χ1n) is 8.05. The molecule has 0 aliphatic carbocycles. The van der Waals surface area contributed by atoms with E-state index in [0.29, 0.717) is 6.42 Å². The van der Waals surface area contributed by atoms with Gasteiger partial charge in [-0.05, 0) is 46.6 Å². The average Bonchev–Trinajstić information content (AvgIpc) is 2.84. The molecule has 0 bridgehead atoms. The largest absolute Gasteiger partial charge is 0.456 e. The Kier molecular flexibility index (Phi) is 5.54. The molecule has 0 aliphatic rings. The zero-order valence-electron chi connectivity index (χ0n) is 14.8. The molecule has 0 saturated heterocycles. The molecule has 0 atom stereocenters. The van der Waals surface area contributed by atoms with E-state index in [1.807, 2.05) is 40.7 Å². The van der Waals surface area contributed by atoms with E-state index in [1.54, 1.807) is 4.52 Å². The van der Waals surface area contributed by atoms with Gasteiger partial charge >= 0.3 is 5.97 Å². The van der Waals surface area contributed by atoms with E-state index in [-0.39, 0.29) is 25.0 Å². The number of fused-ring (bicyclic) bond motifs is 1. The van der Waals surface area contributed by atoms with Gasteiger partial charge in [-0.2, -0.15) is 5.10 Å². The van der Waals surface area contributed by atoms with Crippen LogP contribution in [0, 0.1) is 20.8 Å². The lowest BCUT2D eigenvalue weighted by molar-refractivity contribution is -0.148. The van der Waals surface area contributed by atoms with Gasteiger partial charge in [0, 0.05) is 29.9 Å². The van der Waals surface area contributed by atoms with Crippen LogP contribution < -0.4 is 5.32 Å². The minimum absolute atomic E-state index is 0.0248. The standard InChI is InChI=1S/C17H24N4O3/c1-10(2)18-16(22)9-24-17(23)7-6-14-12(4)19-15-8-11(3)20-21(15)13(14)5/h8,10H,6-7,9H2,1-5H3,(H,18,22). The Balaban J connectivity index is 1.98. The number of ether oxygens (including phenoxy) is 1. The van der Waals surface area contributed by atoms with Gasteiger partial charge in [-0.25, -0.2) is 9.50 Å². The number of nitrogens with zero attached hydrogens (tertiary/aromatic N) is 3. The van der Waals surface area contributed by atoms with Crippen LogP contribution in [0.3, 0.4) is 0 Å². The summed E-state index contributed by atoms with van der Waals surface area (Å²) in [5, 5.41) is 7.09. The maximum Gasteiger partial charge on any atom is 0.306 e. The minimum Gasteiger partial charge on any atom is -0.456 e. The van der Waals surface area contributed by atoms with Crippen LogP contribution in [0.1, 0.15) is 42.9 Å². The van der Waals surface area contributed by atoms with Crippen LogP contribution in [0.5, 0.6) is 0 Å². The molecule has 0 spiro atoms. The molecule has 0 aromatic carbocycles. The van der Waals surface area contributed by atoms with Crippen molar-refractivity contribution >= 4 is 17.5 Å². The van der Waals surface area contributed by atoms with Gasteiger partial charge in [0.15, 0.2) is 12.3 Å². The Morgan fingerprint density at radius 1 is 1.29 bits per heavy atom. The molecule has 2 aromatic rings. The van der Waals surface area contributed by atoms with Gasteiger partial charge in [-0.15, -0.1) is 0 Å². The topological polar surface area (TPSA) is 85.6 Å². The fraction of sp³-hybridized carbons (Fsp3) is 0.529. The Hall–Kier alpha value is -2.44. The Morgan fingerprint density at radius 3 is 2.67 bits per heavy atom. The van der Waals surface area contributed by atoms with Gasteiger partial charge in [-0.3, -0.25) is 9.59 Å². The van der Waals surface area contributed by atoms with E-state index in [9.17, 15) is 9.59 Å². The molecular weight excluding hydrogens is 308 g/mol. The van der Waals surface area contributed by atoms with Gasteiger partial charge in [0.05, 0.1) is 5.69 Å². The molecule has 7 nitrogen and oxygen atoms in total. The second kappa shape index (κ2) is 7.42. The predicted molar refractivity (Wildman–Crippen MR) is 89.8 cm³/mol. The molecule has 24 heavy (non-hydrogen) atoms. The molecular formula is C17H24N4O3. The Bertz CT molecular complexity index is 765. The first-order chi connectivity index (χ1) is 11.3. The van der Waals surface area contributed by atoms with Gasteiger partial charge in [0.2, 0.25) is 0 Å². The van der Waals surface area contributed by atoms with Crippen molar-refractivity contribution in [2.45, 2.75) is 53.5 Å². The van der Waals surface area contributed by atoms with Crippen LogP contribution in [0.4, 0.5) is 0 Å². The summed E-state index contributed by atoms with van der Waals surface area (Å²) < 4.78 is 6.79. The zero-order valence-corrected chi connectivity index (χ0v) is 14.8. The number of esters is 1. The molecule has 0 saturated carbocycles. The molecule has 2 rings (SSSR count). The monoisotopic (exact) mass is 332 g/mol. The van der Waals surface area contributed by atoms with Gasteiger partial charge < -0.3 is 10.1 Å². The third-order valence-corrected chi connectivity index (χ3v) is 3.68. The predicted octanol–water partition coefficient (Wildman–Crippen LogP) is 1.65. The minimum atomic E-state index is -0.399. The quantitative estimate of drug-likeness (QED) is 0.813. The number of amides is 1. The molecule has 2 aromatic heterocycles. The van der Waals surface area contributed by atoms with Crippen molar-refractivity contribution < 1.29 is 14.3 Å². The van der Waals surface area contributed by atoms with E-state index in [2.05, 4.69) is 15.4 Å². The zero-order chi connectivity index (χ0) is 17.9. The Morgan fingerprint density at radius 2 is 2.00 bits per heavy atom. The molecule has 2 heterocycles. The highest BCUT2D eigenvalue weighted by molar-refractivity contribution is 5.80. The number of carbonyl (C=O) groups excluding carboxylic acids is 2. The highest BCUT2D eigenvalue weighted by Crippen LogP contribution is 2.17. The third-order valence-electron chi connectivity index (χ3n) is 3.68. The normalized spacial score (nSPS) is 11.1. The van der Waals surface area contributed by atoms with Crippen LogP contribution in [0.25, 0.3) is 5.65 Å². The second-order valence-corrected chi connectivity index (χ2v) is 6.20. The lowest BCUT2D eigenvalue weighted by Crippen LogP contribution is -2.34. The number of nitrogens with one attached hydrogen (secondary N) is 1. The third kappa shape index (κ3) is 4.31. The van der Waals surface area contributed by atoms with Crippen LogP contribution in [-0.2, 0) is 20.7 Å². The summed E-state index contributed by atoms with van der Waals surface area (Å²) >= 11 is 0. The molecule has 0 unspecified atom stereocenters. The van der Waals surface area contributed by atoms with Crippen molar-refractivity contribution in [3.05, 3.63) is 28.7 Å². The highest BCUT2D eigenvalue weighted by atomic mass is 16.5. The second-order valence-electron chi connectivity index (χ2n) is 6.20. The Labute approximate surface area is 141 Å². The maximum atomic E-state index is 11.9.